The molecule has 2 aliphatic carbocycles. The highest BCUT2D eigenvalue weighted by atomic mass is 15.2. The smallest absolute Gasteiger partial charge is 0.0991 e. The third-order valence-electron chi connectivity index (χ3n) is 11.2. The van der Waals surface area contributed by atoms with E-state index < -0.39 is 0 Å². The van der Waals surface area contributed by atoms with E-state index in [1.807, 2.05) is 42.5 Å². The number of para-hydroxylation sites is 2. The van der Waals surface area contributed by atoms with Crippen molar-refractivity contribution in [1.82, 2.24) is 4.57 Å². The van der Waals surface area contributed by atoms with E-state index in [1.54, 1.807) is 0 Å². The second-order valence-corrected chi connectivity index (χ2v) is 14.1. The molecule has 0 fully saturated rings. The zero-order valence-corrected chi connectivity index (χ0v) is 29.5. The highest BCUT2D eigenvalue weighted by Crippen LogP contribution is 2.52. The van der Waals surface area contributed by atoms with Gasteiger partial charge >= 0.3 is 0 Å². The molecule has 1 aromatic heterocycles. The summed E-state index contributed by atoms with van der Waals surface area (Å²) in [5, 5.41) is 21.5. The number of benzene rings is 6. The van der Waals surface area contributed by atoms with Crippen molar-refractivity contribution in [2.24, 2.45) is 0 Å². The summed E-state index contributed by atoms with van der Waals surface area (Å²) in [7, 11) is 0. The Hall–Kier alpha value is -7.14. The lowest BCUT2D eigenvalue weighted by Gasteiger charge is -2.31. The summed E-state index contributed by atoms with van der Waals surface area (Å²) in [6.45, 7) is 0. The molecule has 4 heteroatoms. The number of aromatic nitrogens is 1. The number of fused-ring (bicyclic) bond motifs is 6. The SMILES string of the molecule is N#Cc1ccc(-n2c3ccc(C#N)cc3c3cccc(-c4ccccc4-c4ccccc4-c4cccc5c4N(C4=CCCC=C4)C4C=CC=CC54)c32)cc1. The summed E-state index contributed by atoms with van der Waals surface area (Å²) in [4.78, 5) is 2.57. The predicted octanol–water partition coefficient (Wildman–Crippen LogP) is 12.2. The normalized spacial score (nSPS) is 16.9. The van der Waals surface area contributed by atoms with Crippen LogP contribution in [0.1, 0.15) is 35.4 Å². The fourth-order valence-electron chi connectivity index (χ4n) is 8.89. The van der Waals surface area contributed by atoms with Gasteiger partial charge < -0.3 is 9.47 Å². The maximum atomic E-state index is 9.87. The van der Waals surface area contributed by atoms with Gasteiger partial charge in [0.15, 0.2) is 0 Å². The molecule has 0 spiro atoms. The average molecular weight is 691 g/mol. The van der Waals surface area contributed by atoms with Crippen LogP contribution in [0.25, 0.3) is 60.9 Å². The van der Waals surface area contributed by atoms with Crippen LogP contribution < -0.4 is 4.90 Å². The molecule has 2 unspecified atom stereocenters. The van der Waals surface area contributed by atoms with Gasteiger partial charge in [0.1, 0.15) is 0 Å². The molecule has 6 aromatic carbocycles. The molecule has 3 aliphatic rings. The lowest BCUT2D eigenvalue weighted by atomic mass is 9.86. The van der Waals surface area contributed by atoms with Crippen LogP contribution in [0.2, 0.25) is 0 Å². The van der Waals surface area contributed by atoms with E-state index >= 15 is 0 Å². The van der Waals surface area contributed by atoms with Crippen LogP contribution in [0, 0.1) is 22.7 Å². The van der Waals surface area contributed by atoms with Crippen LogP contribution in [0.4, 0.5) is 5.69 Å². The zero-order valence-electron chi connectivity index (χ0n) is 29.5. The molecule has 4 nitrogen and oxygen atoms in total. The first-order chi connectivity index (χ1) is 26.7. The number of anilines is 1. The molecular formula is C50H34N4. The Morgan fingerprint density at radius 3 is 1.94 bits per heavy atom. The Balaban J connectivity index is 1.21. The molecule has 7 aromatic rings. The number of nitrogens with zero attached hydrogens (tertiary/aromatic N) is 4. The Bertz CT molecular complexity index is 2870. The number of hydrogen-bond donors (Lipinski definition) is 0. The van der Waals surface area contributed by atoms with Crippen LogP contribution in [-0.4, -0.2) is 10.6 Å². The largest absolute Gasteiger partial charge is 0.333 e. The highest BCUT2D eigenvalue weighted by Gasteiger charge is 2.39. The first-order valence-electron chi connectivity index (χ1n) is 18.5. The van der Waals surface area contributed by atoms with Gasteiger partial charge in [-0.1, -0.05) is 121 Å². The first-order valence-corrected chi connectivity index (χ1v) is 18.5. The van der Waals surface area contributed by atoms with Gasteiger partial charge in [-0.15, -0.1) is 0 Å². The van der Waals surface area contributed by atoms with Crippen LogP contribution in [0.15, 0.2) is 176 Å². The second-order valence-electron chi connectivity index (χ2n) is 14.1. The summed E-state index contributed by atoms with van der Waals surface area (Å²) in [5.41, 5.74) is 15.1. The average Bonchev–Trinajstić information content (AvgIpc) is 3.77. The molecule has 0 amide bonds. The van der Waals surface area contributed by atoms with Gasteiger partial charge in [0.25, 0.3) is 0 Å². The summed E-state index contributed by atoms with van der Waals surface area (Å²) in [6.07, 6.45) is 18.2. The molecule has 0 saturated carbocycles. The summed E-state index contributed by atoms with van der Waals surface area (Å²) in [6, 6.07) is 49.4. The molecule has 0 bridgehead atoms. The van der Waals surface area contributed by atoms with Gasteiger partial charge in [0.2, 0.25) is 0 Å². The van der Waals surface area contributed by atoms with Crippen LogP contribution in [-0.2, 0) is 0 Å². The quantitative estimate of drug-likeness (QED) is 0.181. The van der Waals surface area contributed by atoms with Crippen molar-refractivity contribution in [3.63, 3.8) is 0 Å². The molecule has 0 N–H and O–H groups in total. The first kappa shape index (κ1) is 31.6. The fraction of sp³-hybridized carbons (Fsp3) is 0.0800. The molecule has 2 atom stereocenters. The zero-order chi connectivity index (χ0) is 36.2. The monoisotopic (exact) mass is 690 g/mol. The molecule has 0 radical (unpaired) electrons. The lowest BCUT2D eigenvalue weighted by Crippen LogP contribution is -2.32. The van der Waals surface area contributed by atoms with Gasteiger partial charge in [0, 0.05) is 39.2 Å². The van der Waals surface area contributed by atoms with Gasteiger partial charge in [0.05, 0.1) is 46.0 Å². The summed E-state index contributed by atoms with van der Waals surface area (Å²) in [5.74, 6) is 0.281. The number of nitriles is 2. The Morgan fingerprint density at radius 2 is 1.22 bits per heavy atom. The topological polar surface area (TPSA) is 55.8 Å². The Kier molecular flexibility index (Phi) is 7.50. The standard InChI is InChI=1S/C50H34N4/c51-31-33-24-27-36(28-25-33)54-48-29-26-34(32-52)30-46(48)45-22-11-20-43(50(45)54)40-17-7-5-15-38(40)37-14-4-6-16-39(37)42-19-10-21-44-41-18-8-9-23-47(41)53(49(42)44)35-12-2-1-3-13-35/h2,4-30,41,47H,1,3H2. The minimum atomic E-state index is 0.225. The van der Waals surface area contributed by atoms with Crippen LogP contribution >= 0.6 is 0 Å². The number of allylic oxidation sites excluding steroid dienone is 5. The van der Waals surface area contributed by atoms with Crippen molar-refractivity contribution >= 4 is 27.5 Å². The van der Waals surface area contributed by atoms with E-state index in [9.17, 15) is 10.5 Å². The molecule has 254 valence electrons. The predicted molar refractivity (Wildman–Crippen MR) is 220 cm³/mol. The third kappa shape index (κ3) is 4.89. The van der Waals surface area contributed by atoms with Gasteiger partial charge in [-0.05, 0) is 89.2 Å². The fourth-order valence-corrected chi connectivity index (χ4v) is 8.89. The third-order valence-corrected chi connectivity index (χ3v) is 11.2. The van der Waals surface area contributed by atoms with Crippen LogP contribution in [0.5, 0.6) is 0 Å². The molecule has 54 heavy (non-hydrogen) atoms. The number of hydrogen-bond acceptors (Lipinski definition) is 3. The maximum absolute atomic E-state index is 9.87. The van der Waals surface area contributed by atoms with Gasteiger partial charge in [-0.2, -0.15) is 10.5 Å². The van der Waals surface area contributed by atoms with E-state index in [0.29, 0.717) is 11.1 Å². The molecule has 1 aliphatic heterocycles. The lowest BCUT2D eigenvalue weighted by molar-refractivity contribution is 0.725. The van der Waals surface area contributed by atoms with Gasteiger partial charge in [-0.3, -0.25) is 0 Å². The van der Waals surface area contributed by atoms with Crippen molar-refractivity contribution in [1.29, 1.82) is 10.5 Å². The van der Waals surface area contributed by atoms with E-state index in [4.69, 9.17) is 0 Å². The van der Waals surface area contributed by atoms with Crippen molar-refractivity contribution in [2.45, 2.75) is 24.8 Å². The number of rotatable bonds is 5. The van der Waals surface area contributed by atoms with Crippen molar-refractivity contribution in [2.75, 3.05) is 4.90 Å². The minimum Gasteiger partial charge on any atom is -0.333 e. The van der Waals surface area contributed by atoms with Gasteiger partial charge in [-0.25, -0.2) is 0 Å². The van der Waals surface area contributed by atoms with E-state index in [2.05, 4.69) is 149 Å². The molecule has 2 heterocycles. The van der Waals surface area contributed by atoms with Crippen molar-refractivity contribution in [3.05, 3.63) is 192 Å². The second kappa shape index (κ2) is 12.8. The maximum Gasteiger partial charge on any atom is 0.0991 e. The molecule has 10 rings (SSSR count). The molecule has 0 saturated heterocycles. The minimum absolute atomic E-state index is 0.225. The summed E-state index contributed by atoms with van der Waals surface area (Å²) < 4.78 is 2.28. The van der Waals surface area contributed by atoms with Crippen molar-refractivity contribution < 1.29 is 0 Å². The molecular weight excluding hydrogens is 657 g/mol. The Labute approximate surface area is 314 Å². The Morgan fingerprint density at radius 1 is 0.574 bits per heavy atom. The summed E-state index contributed by atoms with van der Waals surface area (Å²) >= 11 is 0. The van der Waals surface area contributed by atoms with Crippen LogP contribution in [0.3, 0.4) is 0 Å². The van der Waals surface area contributed by atoms with E-state index in [0.717, 1.165) is 57.0 Å². The van der Waals surface area contributed by atoms with E-state index in [1.165, 1.54) is 33.6 Å². The van der Waals surface area contributed by atoms with E-state index in [-0.39, 0.29) is 12.0 Å². The highest BCUT2D eigenvalue weighted by molar-refractivity contribution is 6.15. The van der Waals surface area contributed by atoms with Crippen molar-refractivity contribution in [3.8, 4) is 51.2 Å².